The van der Waals surface area contributed by atoms with E-state index in [4.69, 9.17) is 0 Å². The highest BCUT2D eigenvalue weighted by atomic mass is 127. The van der Waals surface area contributed by atoms with Gasteiger partial charge in [0.2, 0.25) is 0 Å². The summed E-state index contributed by atoms with van der Waals surface area (Å²) in [6, 6.07) is 4.68. The monoisotopic (exact) mass is 417 g/mol. The van der Waals surface area contributed by atoms with Crippen LogP contribution in [0.2, 0.25) is 0 Å². The Bertz CT molecular complexity index is 454. The normalized spacial score (nSPS) is 16.1. The fourth-order valence-corrected chi connectivity index (χ4v) is 2.37. The van der Waals surface area contributed by atoms with Gasteiger partial charge in [-0.2, -0.15) is 0 Å². The van der Waals surface area contributed by atoms with Gasteiger partial charge in [-0.15, -0.1) is 24.0 Å². The Morgan fingerprint density at radius 2 is 2.09 bits per heavy atom. The number of rotatable bonds is 5. The number of aromatic nitrogens is 1. The minimum Gasteiger partial charge on any atom is -0.357 e. The summed E-state index contributed by atoms with van der Waals surface area (Å²) < 4.78 is 0. The molecule has 2 rings (SSSR count). The van der Waals surface area contributed by atoms with Crippen LogP contribution < -0.4 is 15.5 Å². The number of aliphatic imine (C=N–C) groups is 1. The van der Waals surface area contributed by atoms with Gasteiger partial charge in [0.25, 0.3) is 0 Å². The summed E-state index contributed by atoms with van der Waals surface area (Å²) in [5, 5.41) is 6.68. The first kappa shape index (κ1) is 19.0. The van der Waals surface area contributed by atoms with E-state index in [-0.39, 0.29) is 24.0 Å². The van der Waals surface area contributed by atoms with E-state index in [1.54, 1.807) is 7.05 Å². The van der Waals surface area contributed by atoms with E-state index in [9.17, 15) is 0 Å². The van der Waals surface area contributed by atoms with Crippen LogP contribution in [0.3, 0.4) is 0 Å². The number of anilines is 1. The van der Waals surface area contributed by atoms with Crippen molar-refractivity contribution in [3.8, 4) is 0 Å². The fourth-order valence-electron chi connectivity index (χ4n) is 2.37. The molecule has 0 aromatic carbocycles. The van der Waals surface area contributed by atoms with Crippen molar-refractivity contribution in [1.29, 1.82) is 0 Å². The Morgan fingerprint density at radius 3 is 2.64 bits per heavy atom. The molecule has 22 heavy (non-hydrogen) atoms. The first-order valence-corrected chi connectivity index (χ1v) is 7.90. The second-order valence-electron chi connectivity index (χ2n) is 5.60. The molecule has 0 aliphatic carbocycles. The van der Waals surface area contributed by atoms with Gasteiger partial charge in [0.15, 0.2) is 5.96 Å². The molecule has 1 aromatic rings. The third-order valence-corrected chi connectivity index (χ3v) is 3.92. The van der Waals surface area contributed by atoms with Crippen LogP contribution in [-0.2, 0) is 6.54 Å². The zero-order valence-electron chi connectivity index (χ0n) is 13.8. The molecular weight excluding hydrogens is 389 g/mol. The highest BCUT2D eigenvalue weighted by Gasteiger charge is 2.12. The van der Waals surface area contributed by atoms with E-state index < -0.39 is 0 Å². The number of guanidine groups is 1. The summed E-state index contributed by atoms with van der Waals surface area (Å²) in [5.74, 6) is 1.94. The molecule has 6 heteroatoms. The average molecular weight is 417 g/mol. The zero-order chi connectivity index (χ0) is 15.1. The summed E-state index contributed by atoms with van der Waals surface area (Å²) in [5.41, 5.74) is 1.17. The van der Waals surface area contributed by atoms with Gasteiger partial charge in [-0.05, 0) is 37.8 Å². The smallest absolute Gasteiger partial charge is 0.191 e. The molecule has 1 aromatic heterocycles. The molecule has 1 fully saturated rings. The Balaban J connectivity index is 0.00000242. The molecule has 1 aliphatic heterocycles. The highest BCUT2D eigenvalue weighted by molar-refractivity contribution is 14.0. The molecule has 2 heterocycles. The van der Waals surface area contributed by atoms with Crippen LogP contribution >= 0.6 is 24.0 Å². The Kier molecular flexibility index (Phi) is 8.52. The van der Waals surface area contributed by atoms with Crippen LogP contribution in [0.4, 0.5) is 5.82 Å². The van der Waals surface area contributed by atoms with Gasteiger partial charge in [0, 0.05) is 38.9 Å². The second-order valence-corrected chi connectivity index (χ2v) is 5.60. The molecule has 1 unspecified atom stereocenters. The molecule has 0 saturated carbocycles. The molecule has 1 aliphatic rings. The minimum absolute atomic E-state index is 0. The Labute approximate surface area is 151 Å². The number of nitrogens with one attached hydrogen (secondary N) is 2. The SMILES string of the molecule is CCC(C)NC(=NC)NCc1ccc(N2CCCC2)nc1.I. The molecule has 124 valence electrons. The fraction of sp³-hybridized carbons (Fsp3) is 0.625. The van der Waals surface area contributed by atoms with E-state index in [1.807, 2.05) is 6.20 Å². The Morgan fingerprint density at radius 1 is 1.36 bits per heavy atom. The molecule has 0 amide bonds. The van der Waals surface area contributed by atoms with E-state index in [2.05, 4.69) is 51.5 Å². The molecule has 0 bridgehead atoms. The van der Waals surface area contributed by atoms with Gasteiger partial charge in [-0.1, -0.05) is 13.0 Å². The van der Waals surface area contributed by atoms with Crippen molar-refractivity contribution < 1.29 is 0 Å². The van der Waals surface area contributed by atoms with Crippen LogP contribution in [0.25, 0.3) is 0 Å². The van der Waals surface area contributed by atoms with Crippen molar-refractivity contribution in [2.45, 2.75) is 45.7 Å². The van der Waals surface area contributed by atoms with E-state index in [0.29, 0.717) is 6.04 Å². The summed E-state index contributed by atoms with van der Waals surface area (Å²) >= 11 is 0. The summed E-state index contributed by atoms with van der Waals surface area (Å²) in [6.07, 6.45) is 5.59. The Hall–Kier alpha value is -1.05. The summed E-state index contributed by atoms with van der Waals surface area (Å²) in [7, 11) is 1.80. The van der Waals surface area contributed by atoms with Gasteiger partial charge in [0.05, 0.1) is 0 Å². The van der Waals surface area contributed by atoms with E-state index >= 15 is 0 Å². The molecule has 2 N–H and O–H groups in total. The lowest BCUT2D eigenvalue weighted by Gasteiger charge is -2.18. The number of halogens is 1. The topological polar surface area (TPSA) is 52.6 Å². The lowest BCUT2D eigenvalue weighted by molar-refractivity contribution is 0.624. The quantitative estimate of drug-likeness (QED) is 0.440. The predicted octanol–water partition coefficient (Wildman–Crippen LogP) is 2.76. The number of hydrogen-bond donors (Lipinski definition) is 2. The highest BCUT2D eigenvalue weighted by Crippen LogP contribution is 2.17. The lowest BCUT2D eigenvalue weighted by atomic mass is 10.2. The van der Waals surface area contributed by atoms with Crippen molar-refractivity contribution in [2.24, 2.45) is 4.99 Å². The second kappa shape index (κ2) is 9.86. The molecule has 1 saturated heterocycles. The van der Waals surface area contributed by atoms with Gasteiger partial charge in [-0.3, -0.25) is 4.99 Å². The van der Waals surface area contributed by atoms with Gasteiger partial charge in [-0.25, -0.2) is 4.98 Å². The van der Waals surface area contributed by atoms with Crippen LogP contribution in [0.5, 0.6) is 0 Å². The van der Waals surface area contributed by atoms with Crippen molar-refractivity contribution in [1.82, 2.24) is 15.6 Å². The van der Waals surface area contributed by atoms with Gasteiger partial charge >= 0.3 is 0 Å². The third-order valence-electron chi connectivity index (χ3n) is 3.92. The zero-order valence-corrected chi connectivity index (χ0v) is 16.1. The molecule has 1 atom stereocenters. The van der Waals surface area contributed by atoms with Gasteiger partial charge in [0.1, 0.15) is 5.82 Å². The van der Waals surface area contributed by atoms with E-state index in [0.717, 1.165) is 37.8 Å². The average Bonchev–Trinajstić information content (AvgIpc) is 3.06. The standard InChI is InChI=1S/C16H27N5.HI/c1-4-13(2)20-16(17-3)19-12-14-7-8-15(18-11-14)21-9-5-6-10-21;/h7-8,11,13H,4-6,9-10,12H2,1-3H3,(H2,17,19,20);1H. The molecule has 0 radical (unpaired) electrons. The van der Waals surface area contributed by atoms with Crippen LogP contribution in [0, 0.1) is 0 Å². The summed E-state index contributed by atoms with van der Waals surface area (Å²) in [6.45, 7) is 7.32. The summed E-state index contributed by atoms with van der Waals surface area (Å²) in [4.78, 5) is 11.2. The van der Waals surface area contributed by atoms with E-state index in [1.165, 1.54) is 18.4 Å². The first-order valence-electron chi connectivity index (χ1n) is 7.90. The lowest BCUT2D eigenvalue weighted by Crippen LogP contribution is -2.41. The molecular formula is C16H28IN5. The largest absolute Gasteiger partial charge is 0.357 e. The number of hydrogen-bond acceptors (Lipinski definition) is 3. The maximum Gasteiger partial charge on any atom is 0.191 e. The van der Waals surface area contributed by atoms with Gasteiger partial charge < -0.3 is 15.5 Å². The van der Waals surface area contributed by atoms with Crippen LogP contribution in [-0.4, -0.2) is 37.1 Å². The van der Waals surface area contributed by atoms with Crippen LogP contribution in [0.15, 0.2) is 23.3 Å². The van der Waals surface area contributed by atoms with Crippen LogP contribution in [0.1, 0.15) is 38.7 Å². The minimum atomic E-state index is 0. The number of pyridine rings is 1. The first-order chi connectivity index (χ1) is 10.2. The van der Waals surface area contributed by atoms with Crippen molar-refractivity contribution in [3.05, 3.63) is 23.9 Å². The maximum absolute atomic E-state index is 4.57. The van der Waals surface area contributed by atoms with Crippen molar-refractivity contribution in [2.75, 3.05) is 25.0 Å². The third kappa shape index (κ3) is 5.62. The maximum atomic E-state index is 4.57. The predicted molar refractivity (Wildman–Crippen MR) is 104 cm³/mol. The van der Waals surface area contributed by atoms with Crippen molar-refractivity contribution >= 4 is 35.8 Å². The number of nitrogens with zero attached hydrogens (tertiary/aromatic N) is 3. The molecule has 5 nitrogen and oxygen atoms in total. The molecule has 0 spiro atoms. The van der Waals surface area contributed by atoms with Crippen molar-refractivity contribution in [3.63, 3.8) is 0 Å².